The summed E-state index contributed by atoms with van der Waals surface area (Å²) in [4.78, 5) is 17.6. The SMILES string of the molecule is Cc1nc(C)c(C(=O)NN(c2ccccc2)c2ccccc2)s1. The number of thiazole rings is 1. The number of anilines is 2. The Bertz CT molecular complexity index is 760. The summed E-state index contributed by atoms with van der Waals surface area (Å²) in [5, 5.41) is 2.68. The maximum Gasteiger partial charge on any atom is 0.282 e. The van der Waals surface area contributed by atoms with E-state index in [-0.39, 0.29) is 5.91 Å². The van der Waals surface area contributed by atoms with Crippen LogP contribution in [0.2, 0.25) is 0 Å². The zero-order chi connectivity index (χ0) is 16.2. The molecule has 0 aliphatic heterocycles. The Balaban J connectivity index is 1.93. The van der Waals surface area contributed by atoms with Crippen molar-refractivity contribution in [2.75, 3.05) is 5.01 Å². The highest BCUT2D eigenvalue weighted by Crippen LogP contribution is 2.24. The lowest BCUT2D eigenvalue weighted by Crippen LogP contribution is -2.38. The molecule has 0 aliphatic rings. The molecule has 5 heteroatoms. The van der Waals surface area contributed by atoms with Crippen LogP contribution in [0.3, 0.4) is 0 Å². The molecule has 3 rings (SSSR count). The van der Waals surface area contributed by atoms with Crippen molar-refractivity contribution in [3.8, 4) is 0 Å². The van der Waals surface area contributed by atoms with Gasteiger partial charge in [0.05, 0.1) is 22.1 Å². The molecule has 23 heavy (non-hydrogen) atoms. The number of carbonyl (C=O) groups is 1. The molecular weight excluding hydrogens is 306 g/mol. The zero-order valence-electron chi connectivity index (χ0n) is 13.0. The number of benzene rings is 2. The van der Waals surface area contributed by atoms with Crippen LogP contribution in [0, 0.1) is 13.8 Å². The Morgan fingerprint density at radius 3 is 1.91 bits per heavy atom. The minimum Gasteiger partial charge on any atom is -0.266 e. The molecule has 0 saturated heterocycles. The van der Waals surface area contributed by atoms with E-state index in [0.29, 0.717) is 4.88 Å². The van der Waals surface area contributed by atoms with E-state index in [9.17, 15) is 4.79 Å². The molecule has 1 N–H and O–H groups in total. The van der Waals surface area contributed by atoms with E-state index >= 15 is 0 Å². The first-order valence-corrected chi connectivity index (χ1v) is 8.12. The van der Waals surface area contributed by atoms with E-state index in [1.807, 2.05) is 74.5 Å². The van der Waals surface area contributed by atoms with Crippen molar-refractivity contribution < 1.29 is 4.79 Å². The number of nitrogens with zero attached hydrogens (tertiary/aromatic N) is 2. The van der Waals surface area contributed by atoms with Crippen LogP contribution < -0.4 is 10.4 Å². The maximum absolute atomic E-state index is 12.7. The molecule has 0 saturated carbocycles. The van der Waals surface area contributed by atoms with Crippen LogP contribution in [0.5, 0.6) is 0 Å². The summed E-state index contributed by atoms with van der Waals surface area (Å²) in [6, 6.07) is 19.5. The number of hydrazine groups is 1. The van der Waals surface area contributed by atoms with Crippen LogP contribution in [-0.4, -0.2) is 10.9 Å². The van der Waals surface area contributed by atoms with Crippen molar-refractivity contribution in [3.05, 3.63) is 76.2 Å². The first-order chi connectivity index (χ1) is 11.1. The standard InChI is InChI=1S/C18H17N3OS/c1-13-17(23-14(2)19-13)18(22)20-21(15-9-5-3-6-10-15)16-11-7-4-8-12-16/h3-12H,1-2H3,(H,20,22). The van der Waals surface area contributed by atoms with Crippen molar-refractivity contribution in [3.63, 3.8) is 0 Å². The van der Waals surface area contributed by atoms with Gasteiger partial charge in [0.1, 0.15) is 4.88 Å². The average molecular weight is 323 g/mol. The normalized spacial score (nSPS) is 10.3. The van der Waals surface area contributed by atoms with Crippen LogP contribution in [0.25, 0.3) is 0 Å². The third kappa shape index (κ3) is 3.40. The number of rotatable bonds is 4. The first-order valence-electron chi connectivity index (χ1n) is 7.30. The highest BCUT2D eigenvalue weighted by Gasteiger charge is 2.18. The van der Waals surface area contributed by atoms with Gasteiger partial charge in [-0.2, -0.15) is 0 Å². The van der Waals surface area contributed by atoms with Crippen molar-refractivity contribution in [1.82, 2.24) is 10.4 Å². The van der Waals surface area contributed by atoms with Gasteiger partial charge in [0.15, 0.2) is 0 Å². The molecule has 4 nitrogen and oxygen atoms in total. The molecule has 0 fully saturated rings. The summed E-state index contributed by atoms with van der Waals surface area (Å²) in [7, 11) is 0. The van der Waals surface area contributed by atoms with Gasteiger partial charge in [-0.3, -0.25) is 15.2 Å². The smallest absolute Gasteiger partial charge is 0.266 e. The van der Waals surface area contributed by atoms with Crippen LogP contribution >= 0.6 is 11.3 Å². The summed E-state index contributed by atoms with van der Waals surface area (Å²) < 4.78 is 0. The average Bonchev–Trinajstić information content (AvgIpc) is 2.92. The number of aryl methyl sites for hydroxylation is 2. The third-order valence-electron chi connectivity index (χ3n) is 3.35. The monoisotopic (exact) mass is 323 g/mol. The number of amides is 1. The van der Waals surface area contributed by atoms with Gasteiger partial charge in [-0.1, -0.05) is 36.4 Å². The Hall–Kier alpha value is -2.66. The second-order valence-electron chi connectivity index (χ2n) is 5.09. The fourth-order valence-electron chi connectivity index (χ4n) is 2.33. The lowest BCUT2D eigenvalue weighted by Gasteiger charge is -2.25. The predicted octanol–water partition coefficient (Wildman–Crippen LogP) is 4.24. The summed E-state index contributed by atoms with van der Waals surface area (Å²) in [6.45, 7) is 3.76. The Labute approximate surface area is 139 Å². The molecule has 1 aromatic heterocycles. The molecule has 116 valence electrons. The number of aromatic nitrogens is 1. The maximum atomic E-state index is 12.7. The van der Waals surface area contributed by atoms with E-state index in [1.165, 1.54) is 11.3 Å². The van der Waals surface area contributed by atoms with Gasteiger partial charge in [-0.25, -0.2) is 4.98 Å². The van der Waals surface area contributed by atoms with Crippen LogP contribution in [0.4, 0.5) is 11.4 Å². The number of hydrogen-bond donors (Lipinski definition) is 1. The second kappa shape index (κ2) is 6.62. The molecule has 0 bridgehead atoms. The van der Waals surface area contributed by atoms with Gasteiger partial charge in [-0.05, 0) is 38.1 Å². The zero-order valence-corrected chi connectivity index (χ0v) is 13.8. The van der Waals surface area contributed by atoms with E-state index in [4.69, 9.17) is 0 Å². The van der Waals surface area contributed by atoms with E-state index in [2.05, 4.69) is 10.4 Å². The lowest BCUT2D eigenvalue weighted by atomic mass is 10.2. The van der Waals surface area contributed by atoms with Crippen molar-refractivity contribution >= 4 is 28.6 Å². The van der Waals surface area contributed by atoms with Crippen molar-refractivity contribution in [2.24, 2.45) is 0 Å². The van der Waals surface area contributed by atoms with Crippen LogP contribution in [-0.2, 0) is 0 Å². The Morgan fingerprint density at radius 1 is 0.957 bits per heavy atom. The van der Waals surface area contributed by atoms with Gasteiger partial charge in [0.25, 0.3) is 5.91 Å². The molecule has 0 radical (unpaired) electrons. The highest BCUT2D eigenvalue weighted by molar-refractivity contribution is 7.13. The summed E-state index contributed by atoms with van der Waals surface area (Å²) in [6.07, 6.45) is 0. The van der Waals surface area contributed by atoms with Gasteiger partial charge in [0, 0.05) is 0 Å². The molecule has 0 unspecified atom stereocenters. The molecule has 1 amide bonds. The van der Waals surface area contributed by atoms with Gasteiger partial charge < -0.3 is 0 Å². The van der Waals surface area contributed by atoms with Gasteiger partial charge in [-0.15, -0.1) is 11.3 Å². The summed E-state index contributed by atoms with van der Waals surface area (Å²) >= 11 is 1.41. The van der Waals surface area contributed by atoms with E-state index in [1.54, 1.807) is 5.01 Å². The molecule has 0 aliphatic carbocycles. The minimum atomic E-state index is -0.152. The van der Waals surface area contributed by atoms with Crippen LogP contribution in [0.15, 0.2) is 60.7 Å². The topological polar surface area (TPSA) is 45.2 Å². The fourth-order valence-corrected chi connectivity index (χ4v) is 3.14. The van der Waals surface area contributed by atoms with E-state index < -0.39 is 0 Å². The molecule has 1 heterocycles. The second-order valence-corrected chi connectivity index (χ2v) is 6.30. The van der Waals surface area contributed by atoms with Crippen LogP contribution in [0.1, 0.15) is 20.4 Å². The number of hydrogen-bond acceptors (Lipinski definition) is 4. The van der Waals surface area contributed by atoms with Crippen molar-refractivity contribution in [1.29, 1.82) is 0 Å². The number of carbonyl (C=O) groups excluding carboxylic acids is 1. The van der Waals surface area contributed by atoms with Gasteiger partial charge in [0.2, 0.25) is 0 Å². The van der Waals surface area contributed by atoms with Gasteiger partial charge >= 0.3 is 0 Å². The quantitative estimate of drug-likeness (QED) is 0.730. The number of para-hydroxylation sites is 2. The van der Waals surface area contributed by atoms with Crippen molar-refractivity contribution in [2.45, 2.75) is 13.8 Å². The Kier molecular flexibility index (Phi) is 4.39. The third-order valence-corrected chi connectivity index (χ3v) is 4.42. The molecular formula is C18H17N3OS. The largest absolute Gasteiger partial charge is 0.282 e. The molecule has 0 spiro atoms. The highest BCUT2D eigenvalue weighted by atomic mass is 32.1. The first kappa shape index (κ1) is 15.2. The lowest BCUT2D eigenvalue weighted by molar-refractivity contribution is 0.0957. The predicted molar refractivity (Wildman–Crippen MR) is 94.1 cm³/mol. The molecule has 2 aromatic carbocycles. The fraction of sp³-hybridized carbons (Fsp3) is 0.111. The minimum absolute atomic E-state index is 0.152. The number of nitrogens with one attached hydrogen (secondary N) is 1. The Morgan fingerprint density at radius 2 is 1.48 bits per heavy atom. The molecule has 0 atom stereocenters. The summed E-state index contributed by atoms with van der Waals surface area (Å²) in [5.74, 6) is -0.152. The van der Waals surface area contributed by atoms with E-state index in [0.717, 1.165) is 22.1 Å². The molecule has 3 aromatic rings. The summed E-state index contributed by atoms with van der Waals surface area (Å²) in [5.41, 5.74) is 5.53.